The summed E-state index contributed by atoms with van der Waals surface area (Å²) in [4.78, 5) is 0. The van der Waals surface area contributed by atoms with Crippen molar-refractivity contribution >= 4 is 16.8 Å². The van der Waals surface area contributed by atoms with E-state index in [2.05, 4.69) is 42.5 Å². The van der Waals surface area contributed by atoms with Crippen molar-refractivity contribution in [1.29, 1.82) is 0 Å². The van der Waals surface area contributed by atoms with Crippen LogP contribution in [0.2, 0.25) is 0 Å². The lowest BCUT2D eigenvalue weighted by molar-refractivity contribution is 0.437. The Kier molecular flexibility index (Phi) is 5.74. The van der Waals surface area contributed by atoms with Gasteiger partial charge in [-0.2, -0.15) is 0 Å². The number of ether oxygens (including phenoxy) is 1. The highest BCUT2D eigenvalue weighted by molar-refractivity contribution is 5.91. The lowest BCUT2D eigenvalue weighted by Gasteiger charge is -2.30. The van der Waals surface area contributed by atoms with Crippen LogP contribution in [0.25, 0.3) is 28.0 Å². The average molecular weight is 483 g/mol. The van der Waals surface area contributed by atoms with Gasteiger partial charge in [0.2, 0.25) is 0 Å². The lowest BCUT2D eigenvalue weighted by Crippen LogP contribution is -2.12. The van der Waals surface area contributed by atoms with Crippen molar-refractivity contribution < 1.29 is 14.9 Å². The minimum atomic E-state index is -0.0889. The van der Waals surface area contributed by atoms with Gasteiger partial charge in [0, 0.05) is 17.0 Å². The molecule has 0 aromatic heterocycles. The number of hydrogen-bond acceptors (Lipinski definition) is 3. The van der Waals surface area contributed by atoms with Crippen LogP contribution >= 0.6 is 0 Å². The molecule has 0 amide bonds. The fraction of sp³-hybridized carbons (Fsp3) is 0.0588. The van der Waals surface area contributed by atoms with Gasteiger partial charge in [-0.15, -0.1) is 0 Å². The molecule has 180 valence electrons. The van der Waals surface area contributed by atoms with E-state index in [1.165, 1.54) is 5.56 Å². The summed E-state index contributed by atoms with van der Waals surface area (Å²) < 4.78 is 6.41. The van der Waals surface area contributed by atoms with Crippen LogP contribution in [0.5, 0.6) is 17.2 Å². The van der Waals surface area contributed by atoms with Crippen LogP contribution in [0.3, 0.4) is 0 Å². The molecular weight excluding hydrogens is 456 g/mol. The fourth-order valence-electron chi connectivity index (χ4n) is 5.19. The first-order valence-corrected chi connectivity index (χ1v) is 12.4. The minimum absolute atomic E-state index is 0.0889. The van der Waals surface area contributed by atoms with E-state index in [-0.39, 0.29) is 17.4 Å². The van der Waals surface area contributed by atoms with Crippen LogP contribution < -0.4 is 4.74 Å². The first-order chi connectivity index (χ1) is 18.1. The number of aliphatic hydroxyl groups excluding tert-OH is 1. The summed E-state index contributed by atoms with van der Waals surface area (Å²) >= 11 is 0. The first kappa shape index (κ1) is 22.7. The highest BCUT2D eigenvalue weighted by Gasteiger charge is 2.30. The second-order valence-electron chi connectivity index (χ2n) is 9.27. The maximum Gasteiger partial charge on any atom is 0.132 e. The summed E-state index contributed by atoms with van der Waals surface area (Å²) in [6.07, 6.45) is 5.24. The largest absolute Gasteiger partial charge is 0.508 e. The predicted octanol–water partition coefficient (Wildman–Crippen LogP) is 8.97. The molecule has 5 aromatic carbocycles. The van der Waals surface area contributed by atoms with Crippen molar-refractivity contribution in [3.63, 3.8) is 0 Å². The molecule has 0 saturated heterocycles. The Labute approximate surface area is 216 Å². The molecule has 1 unspecified atom stereocenters. The van der Waals surface area contributed by atoms with E-state index in [0.717, 1.165) is 50.1 Å². The van der Waals surface area contributed by atoms with Crippen LogP contribution in [0.15, 0.2) is 121 Å². The third-order valence-corrected chi connectivity index (χ3v) is 6.86. The normalized spacial score (nSPS) is 14.8. The molecule has 0 fully saturated rings. The van der Waals surface area contributed by atoms with Crippen LogP contribution in [0, 0.1) is 0 Å². The molecule has 0 aliphatic carbocycles. The zero-order valence-electron chi connectivity index (χ0n) is 20.4. The number of hydrogen-bond donors (Lipinski definition) is 2. The lowest BCUT2D eigenvalue weighted by atomic mass is 9.79. The van der Waals surface area contributed by atoms with Crippen molar-refractivity contribution in [2.75, 3.05) is 0 Å². The molecule has 1 aliphatic heterocycles. The summed E-state index contributed by atoms with van der Waals surface area (Å²) in [5, 5.41) is 22.4. The van der Waals surface area contributed by atoms with E-state index in [0.29, 0.717) is 0 Å². The highest BCUT2D eigenvalue weighted by atomic mass is 16.5. The molecule has 0 saturated carbocycles. The third kappa shape index (κ3) is 4.25. The molecule has 37 heavy (non-hydrogen) atoms. The van der Waals surface area contributed by atoms with Gasteiger partial charge in [-0.3, -0.25) is 0 Å². The van der Waals surface area contributed by atoms with Gasteiger partial charge in [-0.05, 0) is 82.4 Å². The molecule has 1 heterocycles. The van der Waals surface area contributed by atoms with E-state index in [1.807, 2.05) is 61.5 Å². The van der Waals surface area contributed by atoms with Gasteiger partial charge in [-0.1, -0.05) is 78.9 Å². The first-order valence-electron chi connectivity index (χ1n) is 12.4. The second kappa shape index (κ2) is 9.36. The summed E-state index contributed by atoms with van der Waals surface area (Å²) in [6.45, 7) is 1.87. The number of rotatable bonds is 4. The smallest absolute Gasteiger partial charge is 0.132 e. The van der Waals surface area contributed by atoms with Crippen molar-refractivity contribution in [3.05, 3.63) is 143 Å². The zero-order valence-corrected chi connectivity index (χ0v) is 20.4. The quantitative estimate of drug-likeness (QED) is 0.195. The number of fused-ring (bicyclic) bond motifs is 4. The van der Waals surface area contributed by atoms with Gasteiger partial charge >= 0.3 is 0 Å². The fourth-order valence-corrected chi connectivity index (χ4v) is 5.19. The van der Waals surface area contributed by atoms with Crippen LogP contribution in [0.4, 0.5) is 0 Å². The molecular formula is C34H26O3. The monoisotopic (exact) mass is 482 g/mol. The molecule has 2 N–H and O–H groups in total. The second-order valence-corrected chi connectivity index (χ2v) is 9.27. The summed E-state index contributed by atoms with van der Waals surface area (Å²) in [6, 6.07) is 34.5. The van der Waals surface area contributed by atoms with Crippen LogP contribution in [-0.4, -0.2) is 10.2 Å². The van der Waals surface area contributed by atoms with E-state index in [1.54, 1.807) is 24.3 Å². The van der Waals surface area contributed by atoms with Crippen molar-refractivity contribution in [2.45, 2.75) is 12.8 Å². The molecule has 1 aliphatic rings. The number of phenols is 1. The Balaban J connectivity index is 1.55. The Morgan fingerprint density at radius 1 is 0.784 bits per heavy atom. The van der Waals surface area contributed by atoms with Crippen molar-refractivity contribution in [2.24, 2.45) is 0 Å². The maximum absolute atomic E-state index is 10.3. The van der Waals surface area contributed by atoms with Gasteiger partial charge in [0.15, 0.2) is 0 Å². The van der Waals surface area contributed by atoms with E-state index < -0.39 is 0 Å². The Hall–Kier alpha value is -4.76. The van der Waals surface area contributed by atoms with Gasteiger partial charge in [-0.25, -0.2) is 0 Å². The topological polar surface area (TPSA) is 49.7 Å². The molecule has 3 nitrogen and oxygen atoms in total. The summed E-state index contributed by atoms with van der Waals surface area (Å²) in [5.41, 5.74) is 6.47. The molecule has 0 bridgehead atoms. The van der Waals surface area contributed by atoms with Gasteiger partial charge in [0.25, 0.3) is 0 Å². The van der Waals surface area contributed by atoms with E-state index >= 15 is 0 Å². The maximum atomic E-state index is 10.3. The zero-order chi connectivity index (χ0) is 25.4. The van der Waals surface area contributed by atoms with Crippen LogP contribution in [0.1, 0.15) is 35.1 Å². The Bertz CT molecular complexity index is 1660. The predicted molar refractivity (Wildman–Crippen MR) is 150 cm³/mol. The van der Waals surface area contributed by atoms with Crippen molar-refractivity contribution in [1.82, 2.24) is 0 Å². The van der Waals surface area contributed by atoms with Crippen molar-refractivity contribution in [3.8, 4) is 28.4 Å². The minimum Gasteiger partial charge on any atom is -0.508 e. The SMILES string of the molecule is C/C=C\C(O)=C/c1ccc2c(c1)C(c1ccc(-c3ccccc3)cc1)c1c(ccc3cc(O)ccc13)O2. The molecule has 5 aromatic rings. The molecule has 0 radical (unpaired) electrons. The highest BCUT2D eigenvalue weighted by Crippen LogP contribution is 2.50. The number of phenolic OH excluding ortho intramolecular Hbond substituents is 1. The standard InChI is InChI=1S/C34H26O3/c1-2-6-27(35)19-22-9-17-31-30(20-22)33(25-12-10-24(11-13-25)23-7-4-3-5-8-23)34-29-16-15-28(36)21-26(29)14-18-32(34)37-31/h2-21,33,35-36H,1H3/b6-2-,27-19+. The van der Waals surface area contributed by atoms with Gasteiger partial charge in [0.1, 0.15) is 23.0 Å². The number of benzene rings is 5. The third-order valence-electron chi connectivity index (χ3n) is 6.86. The molecule has 6 rings (SSSR count). The van der Waals surface area contributed by atoms with Gasteiger partial charge in [0.05, 0.1) is 0 Å². The van der Waals surface area contributed by atoms with E-state index in [4.69, 9.17) is 4.74 Å². The van der Waals surface area contributed by atoms with Crippen LogP contribution in [-0.2, 0) is 0 Å². The Morgan fingerprint density at radius 2 is 1.54 bits per heavy atom. The number of allylic oxidation sites excluding steroid dienone is 2. The number of aromatic hydroxyl groups is 1. The molecule has 1 atom stereocenters. The average Bonchev–Trinajstić information content (AvgIpc) is 2.92. The Morgan fingerprint density at radius 3 is 2.32 bits per heavy atom. The summed E-state index contributed by atoms with van der Waals surface area (Å²) in [5.74, 6) is 1.95. The molecule has 0 spiro atoms. The summed E-state index contributed by atoms with van der Waals surface area (Å²) in [7, 11) is 0. The molecule has 3 heteroatoms. The van der Waals surface area contributed by atoms with Gasteiger partial charge < -0.3 is 14.9 Å². The number of aliphatic hydroxyl groups is 1. The van der Waals surface area contributed by atoms with E-state index in [9.17, 15) is 10.2 Å².